The van der Waals surface area contributed by atoms with Gasteiger partial charge in [-0.3, -0.25) is 0 Å². The Kier molecular flexibility index (Phi) is 3.56. The van der Waals surface area contributed by atoms with Crippen LogP contribution in [-0.4, -0.2) is 12.1 Å². The number of ether oxygens (including phenoxy) is 1. The van der Waals surface area contributed by atoms with Crippen molar-refractivity contribution in [3.8, 4) is 28.3 Å². The molecule has 3 aromatic rings. The standard InChI is InChI=1S/C18H16N2O/c1-21-18-14(9-5-10-15(18)19)17-12-6-11-16(20-17)13-7-3-2-4-8-13/h2-12H,19H2,1H3. The summed E-state index contributed by atoms with van der Waals surface area (Å²) < 4.78 is 5.41. The quantitative estimate of drug-likeness (QED) is 0.735. The number of hydrogen-bond acceptors (Lipinski definition) is 3. The number of pyridine rings is 1. The highest BCUT2D eigenvalue weighted by Gasteiger charge is 2.10. The molecule has 0 aliphatic rings. The number of methoxy groups -OCH3 is 1. The van der Waals surface area contributed by atoms with Gasteiger partial charge in [-0.05, 0) is 24.3 Å². The van der Waals surface area contributed by atoms with Crippen molar-refractivity contribution in [2.45, 2.75) is 0 Å². The van der Waals surface area contributed by atoms with E-state index < -0.39 is 0 Å². The lowest BCUT2D eigenvalue weighted by Gasteiger charge is -2.11. The van der Waals surface area contributed by atoms with E-state index in [1.165, 1.54) is 0 Å². The number of nitrogens with two attached hydrogens (primary N) is 1. The van der Waals surface area contributed by atoms with Crippen LogP contribution in [0.15, 0.2) is 66.7 Å². The normalized spacial score (nSPS) is 10.3. The average molecular weight is 276 g/mol. The van der Waals surface area contributed by atoms with Gasteiger partial charge in [0.25, 0.3) is 0 Å². The van der Waals surface area contributed by atoms with Crippen molar-refractivity contribution in [1.29, 1.82) is 0 Å². The maximum absolute atomic E-state index is 5.97. The Bertz CT molecular complexity index is 754. The number of nitrogen functional groups attached to an aromatic ring is 1. The van der Waals surface area contributed by atoms with E-state index in [4.69, 9.17) is 15.5 Å². The van der Waals surface area contributed by atoms with Gasteiger partial charge in [-0.1, -0.05) is 42.5 Å². The van der Waals surface area contributed by atoms with Crippen molar-refractivity contribution in [3.63, 3.8) is 0 Å². The first-order chi connectivity index (χ1) is 10.3. The number of rotatable bonds is 3. The van der Waals surface area contributed by atoms with Gasteiger partial charge in [0.15, 0.2) is 5.75 Å². The van der Waals surface area contributed by atoms with Crippen molar-refractivity contribution in [3.05, 3.63) is 66.7 Å². The van der Waals surface area contributed by atoms with Gasteiger partial charge in [-0.2, -0.15) is 0 Å². The van der Waals surface area contributed by atoms with Crippen molar-refractivity contribution in [2.75, 3.05) is 12.8 Å². The van der Waals surface area contributed by atoms with Crippen molar-refractivity contribution < 1.29 is 4.74 Å². The molecule has 0 aliphatic heterocycles. The number of aromatic nitrogens is 1. The molecule has 0 saturated heterocycles. The van der Waals surface area contributed by atoms with Crippen LogP contribution in [0.5, 0.6) is 5.75 Å². The highest BCUT2D eigenvalue weighted by molar-refractivity contribution is 5.76. The molecule has 1 aromatic heterocycles. The molecule has 0 bridgehead atoms. The van der Waals surface area contributed by atoms with E-state index >= 15 is 0 Å². The van der Waals surface area contributed by atoms with E-state index in [2.05, 4.69) is 0 Å². The second-order valence-electron chi connectivity index (χ2n) is 4.70. The average Bonchev–Trinajstić information content (AvgIpc) is 2.55. The summed E-state index contributed by atoms with van der Waals surface area (Å²) in [4.78, 5) is 4.73. The molecule has 0 aliphatic carbocycles. The number of anilines is 1. The maximum Gasteiger partial charge on any atom is 0.151 e. The summed E-state index contributed by atoms with van der Waals surface area (Å²) in [7, 11) is 1.62. The monoisotopic (exact) mass is 276 g/mol. The van der Waals surface area contributed by atoms with Gasteiger partial charge in [0, 0.05) is 11.1 Å². The second-order valence-corrected chi connectivity index (χ2v) is 4.70. The molecule has 1 heterocycles. The Hall–Kier alpha value is -2.81. The summed E-state index contributed by atoms with van der Waals surface area (Å²) in [5.41, 5.74) is 10.3. The predicted octanol–water partition coefficient (Wildman–Crippen LogP) is 4.01. The summed E-state index contributed by atoms with van der Waals surface area (Å²) in [6.07, 6.45) is 0. The van der Waals surface area contributed by atoms with Gasteiger partial charge in [-0.15, -0.1) is 0 Å². The van der Waals surface area contributed by atoms with Crippen LogP contribution in [0.1, 0.15) is 0 Å². The Morgan fingerprint density at radius 3 is 2.29 bits per heavy atom. The van der Waals surface area contributed by atoms with E-state index in [9.17, 15) is 0 Å². The fourth-order valence-electron chi connectivity index (χ4n) is 2.34. The molecule has 0 saturated carbocycles. The SMILES string of the molecule is COc1c(N)cccc1-c1cccc(-c2ccccc2)n1. The lowest BCUT2D eigenvalue weighted by Crippen LogP contribution is -1.96. The zero-order valence-corrected chi connectivity index (χ0v) is 11.8. The summed E-state index contributed by atoms with van der Waals surface area (Å²) >= 11 is 0. The summed E-state index contributed by atoms with van der Waals surface area (Å²) in [6.45, 7) is 0. The topological polar surface area (TPSA) is 48.1 Å². The zero-order chi connectivity index (χ0) is 14.7. The fraction of sp³-hybridized carbons (Fsp3) is 0.0556. The van der Waals surface area contributed by atoms with Crippen LogP contribution >= 0.6 is 0 Å². The van der Waals surface area contributed by atoms with E-state index in [0.29, 0.717) is 11.4 Å². The first-order valence-corrected chi connectivity index (χ1v) is 6.75. The first-order valence-electron chi connectivity index (χ1n) is 6.75. The number of para-hydroxylation sites is 1. The molecule has 2 N–H and O–H groups in total. The van der Waals surface area contributed by atoms with Crippen LogP contribution in [0.2, 0.25) is 0 Å². The molecule has 2 aromatic carbocycles. The van der Waals surface area contributed by atoms with Crippen molar-refractivity contribution in [2.24, 2.45) is 0 Å². The van der Waals surface area contributed by atoms with E-state index in [1.807, 2.05) is 66.7 Å². The molecule has 0 amide bonds. The maximum atomic E-state index is 5.97. The fourth-order valence-corrected chi connectivity index (χ4v) is 2.34. The number of nitrogens with zero attached hydrogens (tertiary/aromatic N) is 1. The Balaban J connectivity index is 2.11. The molecule has 3 heteroatoms. The molecule has 104 valence electrons. The van der Waals surface area contributed by atoms with Crippen LogP contribution in [0.3, 0.4) is 0 Å². The van der Waals surface area contributed by atoms with Gasteiger partial charge in [0.1, 0.15) is 0 Å². The Morgan fingerprint density at radius 1 is 0.810 bits per heavy atom. The third-order valence-electron chi connectivity index (χ3n) is 3.34. The lowest BCUT2D eigenvalue weighted by molar-refractivity contribution is 0.418. The van der Waals surface area contributed by atoms with Gasteiger partial charge < -0.3 is 10.5 Å². The van der Waals surface area contributed by atoms with Gasteiger partial charge in [0.2, 0.25) is 0 Å². The molecular weight excluding hydrogens is 260 g/mol. The molecule has 0 radical (unpaired) electrons. The van der Waals surface area contributed by atoms with Crippen molar-refractivity contribution >= 4 is 5.69 Å². The van der Waals surface area contributed by atoms with Crippen LogP contribution in [0.4, 0.5) is 5.69 Å². The van der Waals surface area contributed by atoms with Gasteiger partial charge in [-0.25, -0.2) is 4.98 Å². The van der Waals surface area contributed by atoms with E-state index in [-0.39, 0.29) is 0 Å². The van der Waals surface area contributed by atoms with Crippen LogP contribution in [-0.2, 0) is 0 Å². The van der Waals surface area contributed by atoms with E-state index in [0.717, 1.165) is 22.5 Å². The highest BCUT2D eigenvalue weighted by atomic mass is 16.5. The largest absolute Gasteiger partial charge is 0.494 e. The Labute approximate surface area is 124 Å². The van der Waals surface area contributed by atoms with Crippen LogP contribution in [0, 0.1) is 0 Å². The third kappa shape index (κ3) is 2.58. The summed E-state index contributed by atoms with van der Waals surface area (Å²) in [5, 5.41) is 0. The number of benzene rings is 2. The minimum absolute atomic E-state index is 0.613. The number of hydrogen-bond donors (Lipinski definition) is 1. The minimum atomic E-state index is 0.613. The molecule has 21 heavy (non-hydrogen) atoms. The molecule has 0 spiro atoms. The molecule has 0 unspecified atom stereocenters. The van der Waals surface area contributed by atoms with Crippen molar-refractivity contribution in [1.82, 2.24) is 4.98 Å². The van der Waals surface area contributed by atoms with Crippen LogP contribution in [0.25, 0.3) is 22.5 Å². The van der Waals surface area contributed by atoms with Gasteiger partial charge in [0.05, 0.1) is 24.2 Å². The lowest BCUT2D eigenvalue weighted by atomic mass is 10.1. The second kappa shape index (κ2) is 5.67. The smallest absolute Gasteiger partial charge is 0.151 e. The molecule has 0 fully saturated rings. The molecule has 0 atom stereocenters. The van der Waals surface area contributed by atoms with E-state index in [1.54, 1.807) is 7.11 Å². The van der Waals surface area contributed by atoms with Crippen LogP contribution < -0.4 is 10.5 Å². The Morgan fingerprint density at radius 2 is 1.52 bits per heavy atom. The molecule has 3 nitrogen and oxygen atoms in total. The zero-order valence-electron chi connectivity index (χ0n) is 11.8. The van der Waals surface area contributed by atoms with Gasteiger partial charge >= 0.3 is 0 Å². The minimum Gasteiger partial charge on any atom is -0.494 e. The highest BCUT2D eigenvalue weighted by Crippen LogP contribution is 2.34. The predicted molar refractivity (Wildman–Crippen MR) is 86.1 cm³/mol. The first kappa shape index (κ1) is 13.2. The third-order valence-corrected chi connectivity index (χ3v) is 3.34. The summed E-state index contributed by atoms with van der Waals surface area (Å²) in [6, 6.07) is 21.7. The summed E-state index contributed by atoms with van der Waals surface area (Å²) in [5.74, 6) is 0.662. The molecule has 3 rings (SSSR count). The molecular formula is C18H16N2O.